The lowest BCUT2D eigenvalue weighted by Gasteiger charge is -2.14. The van der Waals surface area contributed by atoms with Crippen LogP contribution >= 0.6 is 11.8 Å². The maximum atomic E-state index is 12.0. The molecule has 1 unspecified atom stereocenters. The smallest absolute Gasteiger partial charge is 0.328 e. The molecule has 20 heavy (non-hydrogen) atoms. The first kappa shape index (κ1) is 12.9. The molecule has 0 aromatic heterocycles. The molecule has 1 aromatic rings. The van der Waals surface area contributed by atoms with Gasteiger partial charge >= 0.3 is 5.97 Å². The minimum Gasteiger partial charge on any atom is -0.328 e. The van der Waals surface area contributed by atoms with E-state index in [-0.39, 0.29) is 16.2 Å². The van der Waals surface area contributed by atoms with Crippen molar-refractivity contribution < 1.29 is 24.0 Å². The van der Waals surface area contributed by atoms with Crippen molar-refractivity contribution >= 4 is 34.7 Å². The van der Waals surface area contributed by atoms with E-state index in [9.17, 15) is 19.2 Å². The van der Waals surface area contributed by atoms with Crippen LogP contribution in [0.25, 0.3) is 0 Å². The molecule has 0 spiro atoms. The van der Waals surface area contributed by atoms with Gasteiger partial charge in [0.1, 0.15) is 5.25 Å². The summed E-state index contributed by atoms with van der Waals surface area (Å²) in [5.74, 6) is -2.06. The number of nitrogens with zero attached hydrogens (tertiary/aromatic N) is 1. The van der Waals surface area contributed by atoms with Gasteiger partial charge in [0.05, 0.1) is 11.1 Å². The number of rotatable bonds is 2. The third-order valence-electron chi connectivity index (χ3n) is 3.09. The lowest BCUT2D eigenvalue weighted by Crippen LogP contribution is -2.35. The Morgan fingerprint density at radius 3 is 2.25 bits per heavy atom. The summed E-state index contributed by atoms with van der Waals surface area (Å²) in [6, 6.07) is 6.25. The normalized spacial score (nSPS) is 21.3. The van der Waals surface area contributed by atoms with Crippen LogP contribution in [0.2, 0.25) is 0 Å². The summed E-state index contributed by atoms with van der Waals surface area (Å²) in [6.07, 6.45) is 0.665. The molecule has 7 heteroatoms. The average Bonchev–Trinajstić information content (AvgIpc) is 2.98. The number of benzene rings is 1. The van der Waals surface area contributed by atoms with Gasteiger partial charge in [-0.1, -0.05) is 29.0 Å². The summed E-state index contributed by atoms with van der Waals surface area (Å²) in [5, 5.41) is -0.266. The predicted molar refractivity (Wildman–Crippen MR) is 68.7 cm³/mol. The van der Waals surface area contributed by atoms with Crippen LogP contribution in [0.1, 0.15) is 33.6 Å². The number of amides is 2. The second kappa shape index (κ2) is 4.75. The fraction of sp³-hybridized carbons (Fsp3) is 0.231. The zero-order chi connectivity index (χ0) is 14.3. The number of hydrogen-bond acceptors (Lipinski definition) is 6. The van der Waals surface area contributed by atoms with E-state index in [0.717, 1.165) is 11.8 Å². The molecule has 0 aliphatic carbocycles. The molecule has 1 aromatic carbocycles. The lowest BCUT2D eigenvalue weighted by atomic mass is 10.1. The first-order valence-electron chi connectivity index (χ1n) is 5.97. The SMILES string of the molecule is O=C1CCC(C(=O)ON2C(=O)c3ccccc3C2=O)S1. The molecule has 0 saturated carbocycles. The first-order valence-corrected chi connectivity index (χ1v) is 6.85. The van der Waals surface area contributed by atoms with Gasteiger partial charge in [0, 0.05) is 6.42 Å². The highest BCUT2D eigenvalue weighted by molar-refractivity contribution is 8.15. The van der Waals surface area contributed by atoms with Crippen molar-refractivity contribution in [1.29, 1.82) is 0 Å². The van der Waals surface area contributed by atoms with Crippen molar-refractivity contribution in [2.24, 2.45) is 0 Å². The Bertz CT molecular complexity index is 606. The zero-order valence-electron chi connectivity index (χ0n) is 10.2. The summed E-state index contributed by atoms with van der Waals surface area (Å²) in [5.41, 5.74) is 0.418. The average molecular weight is 291 g/mol. The number of carbonyl (C=O) groups excluding carboxylic acids is 4. The molecule has 3 rings (SSSR count). The summed E-state index contributed by atoms with van der Waals surface area (Å²) in [6.45, 7) is 0. The Hall–Kier alpha value is -2.15. The van der Waals surface area contributed by atoms with Gasteiger partial charge < -0.3 is 4.84 Å². The Morgan fingerprint density at radius 2 is 1.75 bits per heavy atom. The lowest BCUT2D eigenvalue weighted by molar-refractivity contribution is -0.167. The van der Waals surface area contributed by atoms with Gasteiger partial charge in [0.15, 0.2) is 5.12 Å². The van der Waals surface area contributed by atoms with Crippen LogP contribution in [0.5, 0.6) is 0 Å². The van der Waals surface area contributed by atoms with E-state index in [1.807, 2.05) is 0 Å². The Labute approximate surface area is 118 Å². The van der Waals surface area contributed by atoms with Gasteiger partial charge in [-0.15, -0.1) is 0 Å². The molecular weight excluding hydrogens is 282 g/mol. The molecule has 0 radical (unpaired) electrons. The number of carbonyl (C=O) groups is 4. The second-order valence-corrected chi connectivity index (χ2v) is 5.64. The van der Waals surface area contributed by atoms with E-state index in [2.05, 4.69) is 0 Å². The van der Waals surface area contributed by atoms with Gasteiger partial charge in [-0.05, 0) is 18.6 Å². The molecule has 0 bridgehead atoms. The molecule has 102 valence electrons. The van der Waals surface area contributed by atoms with Crippen molar-refractivity contribution in [3.8, 4) is 0 Å². The highest BCUT2D eigenvalue weighted by Crippen LogP contribution is 2.30. The molecule has 1 atom stereocenters. The van der Waals surface area contributed by atoms with Crippen LogP contribution in [0, 0.1) is 0 Å². The maximum Gasteiger partial charge on any atom is 0.346 e. The van der Waals surface area contributed by atoms with Crippen molar-refractivity contribution in [2.45, 2.75) is 18.1 Å². The van der Waals surface area contributed by atoms with Crippen LogP contribution in [0.3, 0.4) is 0 Å². The van der Waals surface area contributed by atoms with Crippen molar-refractivity contribution in [2.75, 3.05) is 0 Å². The standard InChI is InChI=1S/C13H9NO5S/c15-10-6-5-9(20-10)13(18)19-14-11(16)7-3-1-2-4-8(7)12(14)17/h1-4,9H,5-6H2. The van der Waals surface area contributed by atoms with Gasteiger partial charge in [0.25, 0.3) is 11.8 Å². The second-order valence-electron chi connectivity index (χ2n) is 4.38. The van der Waals surface area contributed by atoms with Crippen molar-refractivity contribution in [3.63, 3.8) is 0 Å². The fourth-order valence-corrected chi connectivity index (χ4v) is 3.02. The number of hydroxylamine groups is 2. The van der Waals surface area contributed by atoms with Gasteiger partial charge in [-0.3, -0.25) is 14.4 Å². The number of imide groups is 1. The van der Waals surface area contributed by atoms with E-state index < -0.39 is 23.0 Å². The first-order chi connectivity index (χ1) is 9.58. The van der Waals surface area contributed by atoms with E-state index in [1.54, 1.807) is 12.1 Å². The molecule has 0 N–H and O–H groups in total. The van der Waals surface area contributed by atoms with Gasteiger partial charge in [-0.2, -0.15) is 0 Å². The topological polar surface area (TPSA) is 80.8 Å². The van der Waals surface area contributed by atoms with Crippen LogP contribution in [-0.4, -0.2) is 33.2 Å². The molecule has 2 heterocycles. The quantitative estimate of drug-likeness (QED) is 0.761. The van der Waals surface area contributed by atoms with E-state index in [1.165, 1.54) is 12.1 Å². The molecule has 6 nitrogen and oxygen atoms in total. The third kappa shape index (κ3) is 2.00. The summed E-state index contributed by atoms with van der Waals surface area (Å²) in [7, 11) is 0. The summed E-state index contributed by atoms with van der Waals surface area (Å²) < 4.78 is 0. The number of thioether (sulfide) groups is 1. The maximum absolute atomic E-state index is 12.0. The van der Waals surface area contributed by atoms with Crippen LogP contribution in [0.4, 0.5) is 0 Å². The van der Waals surface area contributed by atoms with Crippen molar-refractivity contribution in [1.82, 2.24) is 5.06 Å². The minimum absolute atomic E-state index is 0.0886. The monoisotopic (exact) mass is 291 g/mol. The molecule has 1 saturated heterocycles. The molecule has 2 amide bonds. The fourth-order valence-electron chi connectivity index (χ4n) is 2.09. The van der Waals surface area contributed by atoms with E-state index in [0.29, 0.717) is 17.9 Å². The molecular formula is C13H9NO5S. The summed E-state index contributed by atoms with van der Waals surface area (Å²) >= 11 is 0.881. The van der Waals surface area contributed by atoms with Gasteiger partial charge in [-0.25, -0.2) is 4.79 Å². The van der Waals surface area contributed by atoms with Crippen LogP contribution in [0.15, 0.2) is 24.3 Å². The molecule has 2 aliphatic heterocycles. The van der Waals surface area contributed by atoms with E-state index >= 15 is 0 Å². The minimum atomic E-state index is -0.740. The Balaban J connectivity index is 1.77. The highest BCUT2D eigenvalue weighted by atomic mass is 32.2. The Morgan fingerprint density at radius 1 is 1.15 bits per heavy atom. The summed E-state index contributed by atoms with van der Waals surface area (Å²) in [4.78, 5) is 51.8. The molecule has 2 aliphatic rings. The number of fused-ring (bicyclic) bond motifs is 1. The molecule has 1 fully saturated rings. The zero-order valence-corrected chi connectivity index (χ0v) is 11.0. The van der Waals surface area contributed by atoms with Crippen molar-refractivity contribution in [3.05, 3.63) is 35.4 Å². The number of hydrogen-bond donors (Lipinski definition) is 0. The van der Waals surface area contributed by atoms with Crippen LogP contribution < -0.4 is 0 Å². The van der Waals surface area contributed by atoms with Crippen LogP contribution in [-0.2, 0) is 14.4 Å². The Kier molecular flexibility index (Phi) is 3.06. The van der Waals surface area contributed by atoms with E-state index in [4.69, 9.17) is 4.84 Å². The van der Waals surface area contributed by atoms with Gasteiger partial charge in [0.2, 0.25) is 0 Å². The third-order valence-corrected chi connectivity index (χ3v) is 4.26. The largest absolute Gasteiger partial charge is 0.346 e. The highest BCUT2D eigenvalue weighted by Gasteiger charge is 2.41. The predicted octanol–water partition coefficient (Wildman–Crippen LogP) is 1.16.